The molecule has 0 spiro atoms. The topological polar surface area (TPSA) is 70.3 Å². The van der Waals surface area contributed by atoms with E-state index < -0.39 is 10.1 Å². The van der Waals surface area contributed by atoms with Crippen molar-refractivity contribution in [1.82, 2.24) is 0 Å². The molecule has 0 radical (unpaired) electrons. The third-order valence-electron chi connectivity index (χ3n) is 3.15. The van der Waals surface area contributed by atoms with E-state index in [2.05, 4.69) is 42.9 Å². The Labute approximate surface area is 152 Å². The highest BCUT2D eigenvalue weighted by molar-refractivity contribution is 8.02. The molecule has 8 heteroatoms. The first kappa shape index (κ1) is 21.0. The molecule has 0 unspecified atom stereocenters. The predicted molar refractivity (Wildman–Crippen MR) is 102 cm³/mol. The molecule has 0 saturated heterocycles. The maximum absolute atomic E-state index is 9.08. The minimum atomic E-state index is -3.92. The largest absolute Gasteiger partial charge is 0.748 e. The highest BCUT2D eigenvalue weighted by Crippen LogP contribution is 2.28. The van der Waals surface area contributed by atoms with Gasteiger partial charge >= 0.3 is 0 Å². The Morgan fingerprint density at radius 2 is 2.04 bits per heavy atom. The van der Waals surface area contributed by atoms with Gasteiger partial charge in [-0.1, -0.05) is 18.3 Å². The molecule has 0 atom stereocenters. The number of hydrogen-bond acceptors (Lipinski definition) is 6. The SMILES string of the molecule is CC/C(=C/c1sc2ccc(OC)cc2[n+]1CC)SC.CS(=O)(=O)[O-]. The summed E-state index contributed by atoms with van der Waals surface area (Å²) in [5, 5.41) is 1.32. The quantitative estimate of drug-likeness (QED) is 0.578. The molecule has 0 saturated carbocycles. The smallest absolute Gasteiger partial charge is 0.263 e. The van der Waals surface area contributed by atoms with Gasteiger partial charge in [-0.3, -0.25) is 0 Å². The summed E-state index contributed by atoms with van der Waals surface area (Å²) in [5.74, 6) is 0.920. The van der Waals surface area contributed by atoms with Crippen molar-refractivity contribution in [1.29, 1.82) is 0 Å². The van der Waals surface area contributed by atoms with Crippen LogP contribution in [0.4, 0.5) is 0 Å². The van der Waals surface area contributed by atoms with E-state index in [0.717, 1.165) is 18.7 Å². The number of fused-ring (bicyclic) bond motifs is 1. The normalized spacial score (nSPS) is 12.0. The molecule has 0 fully saturated rings. The number of aryl methyl sites for hydroxylation is 1. The number of benzene rings is 1. The Morgan fingerprint density at radius 1 is 1.42 bits per heavy atom. The van der Waals surface area contributed by atoms with E-state index in [4.69, 9.17) is 17.7 Å². The Kier molecular flexibility index (Phi) is 8.21. The first-order chi connectivity index (χ1) is 11.2. The minimum Gasteiger partial charge on any atom is -0.748 e. The maximum atomic E-state index is 9.08. The van der Waals surface area contributed by atoms with E-state index in [-0.39, 0.29) is 0 Å². The van der Waals surface area contributed by atoms with Crippen molar-refractivity contribution < 1.29 is 22.3 Å². The zero-order valence-electron chi connectivity index (χ0n) is 14.5. The molecular formula is C16H23NO4S3. The lowest BCUT2D eigenvalue weighted by Gasteiger charge is -1.98. The number of thiazole rings is 1. The Morgan fingerprint density at radius 3 is 2.50 bits per heavy atom. The molecule has 24 heavy (non-hydrogen) atoms. The molecule has 0 bridgehead atoms. The summed E-state index contributed by atoms with van der Waals surface area (Å²) in [5.41, 5.74) is 1.26. The summed E-state index contributed by atoms with van der Waals surface area (Å²) in [6.45, 7) is 5.37. The molecule has 0 N–H and O–H groups in total. The molecule has 0 aliphatic heterocycles. The van der Waals surface area contributed by atoms with Crippen molar-refractivity contribution in [3.8, 4) is 5.75 Å². The van der Waals surface area contributed by atoms with Gasteiger partial charge in [0.2, 0.25) is 5.52 Å². The van der Waals surface area contributed by atoms with Crippen LogP contribution >= 0.6 is 23.1 Å². The van der Waals surface area contributed by atoms with Crippen LogP contribution in [0.3, 0.4) is 0 Å². The summed E-state index contributed by atoms with van der Waals surface area (Å²) in [6.07, 6.45) is 6.14. The second-order valence-electron chi connectivity index (χ2n) is 4.89. The van der Waals surface area contributed by atoms with Crippen LogP contribution in [0, 0.1) is 0 Å². The number of ether oxygens (including phenoxy) is 1. The van der Waals surface area contributed by atoms with E-state index >= 15 is 0 Å². The van der Waals surface area contributed by atoms with Crippen LogP contribution in [-0.2, 0) is 16.7 Å². The van der Waals surface area contributed by atoms with Crippen molar-refractivity contribution in [2.75, 3.05) is 19.6 Å². The fourth-order valence-electron chi connectivity index (χ4n) is 2.08. The van der Waals surface area contributed by atoms with E-state index in [0.29, 0.717) is 6.26 Å². The third kappa shape index (κ3) is 6.43. The lowest BCUT2D eigenvalue weighted by molar-refractivity contribution is -0.665. The summed E-state index contributed by atoms with van der Waals surface area (Å²) in [6, 6.07) is 6.30. The lowest BCUT2D eigenvalue weighted by Crippen LogP contribution is -2.33. The van der Waals surface area contributed by atoms with Crippen LogP contribution in [0.25, 0.3) is 16.3 Å². The Bertz CT molecular complexity index is 796. The third-order valence-corrected chi connectivity index (χ3v) is 5.19. The Balaban J connectivity index is 0.000000505. The van der Waals surface area contributed by atoms with Gasteiger partial charge in [-0.15, -0.1) is 11.8 Å². The molecule has 5 nitrogen and oxygen atoms in total. The van der Waals surface area contributed by atoms with E-state index in [1.54, 1.807) is 7.11 Å². The van der Waals surface area contributed by atoms with Crippen LogP contribution in [0.1, 0.15) is 25.3 Å². The summed E-state index contributed by atoms with van der Waals surface area (Å²) in [4.78, 5) is 1.42. The number of rotatable bonds is 5. The van der Waals surface area contributed by atoms with E-state index in [1.165, 1.54) is 20.1 Å². The highest BCUT2D eigenvalue weighted by Gasteiger charge is 2.18. The molecule has 1 heterocycles. The van der Waals surface area contributed by atoms with Gasteiger partial charge in [0.25, 0.3) is 5.01 Å². The second kappa shape index (κ2) is 9.41. The van der Waals surface area contributed by atoms with Crippen LogP contribution in [0.5, 0.6) is 5.75 Å². The number of thioether (sulfide) groups is 1. The van der Waals surface area contributed by atoms with Crippen LogP contribution in [0.2, 0.25) is 0 Å². The number of methoxy groups -OCH3 is 1. The maximum Gasteiger partial charge on any atom is 0.263 e. The van der Waals surface area contributed by atoms with Gasteiger partial charge in [-0.2, -0.15) is 4.57 Å². The Hall–Kier alpha value is -1.09. The van der Waals surface area contributed by atoms with Gasteiger partial charge in [0.1, 0.15) is 17.0 Å². The zero-order valence-corrected chi connectivity index (χ0v) is 17.0. The van der Waals surface area contributed by atoms with Gasteiger partial charge < -0.3 is 9.29 Å². The second-order valence-corrected chi connectivity index (χ2v) is 8.29. The first-order valence-electron chi connectivity index (χ1n) is 7.39. The minimum absolute atomic E-state index is 0.604. The van der Waals surface area contributed by atoms with Gasteiger partial charge in [0.15, 0.2) is 0 Å². The molecule has 0 amide bonds. The number of hydrogen-bond donors (Lipinski definition) is 0. The number of allylic oxidation sites excluding steroid dienone is 1. The molecule has 0 aliphatic rings. The fourth-order valence-corrected chi connectivity index (χ4v) is 3.85. The van der Waals surface area contributed by atoms with Crippen molar-refractivity contribution >= 4 is 49.5 Å². The molecule has 134 valence electrons. The molecule has 0 aliphatic carbocycles. The van der Waals surface area contributed by atoms with Crippen LogP contribution in [0.15, 0.2) is 23.1 Å². The van der Waals surface area contributed by atoms with Gasteiger partial charge in [0.05, 0.1) is 23.3 Å². The highest BCUT2D eigenvalue weighted by atomic mass is 32.2. The van der Waals surface area contributed by atoms with Crippen LogP contribution in [-0.4, -0.2) is 32.6 Å². The molecule has 2 rings (SSSR count). The van der Waals surface area contributed by atoms with E-state index in [9.17, 15) is 0 Å². The average Bonchev–Trinajstić information content (AvgIpc) is 2.86. The fraction of sp³-hybridized carbons (Fsp3) is 0.438. The van der Waals surface area contributed by atoms with E-state index in [1.807, 2.05) is 29.2 Å². The van der Waals surface area contributed by atoms with Crippen molar-refractivity contribution in [2.45, 2.75) is 26.8 Å². The summed E-state index contributed by atoms with van der Waals surface area (Å²) in [7, 11) is -2.20. The molecular weight excluding hydrogens is 366 g/mol. The zero-order chi connectivity index (χ0) is 18.3. The van der Waals surface area contributed by atoms with Crippen molar-refractivity contribution in [2.24, 2.45) is 0 Å². The summed E-state index contributed by atoms with van der Waals surface area (Å²) >= 11 is 3.68. The summed E-state index contributed by atoms with van der Waals surface area (Å²) < 4.78 is 36.2. The first-order valence-corrected chi connectivity index (χ1v) is 11.2. The standard InChI is InChI=1S/C15H20NOS2.CH4O3S/c1-5-12(18-4)10-15-16(6-2)13-9-11(17-3)7-8-14(13)19-15;1-5(2,3)4/h7-10H,5-6H2,1-4H3;1H3,(H,2,3,4)/q+1;/p-1/b12-10-;. The monoisotopic (exact) mass is 389 g/mol. The van der Waals surface area contributed by atoms with Gasteiger partial charge in [0, 0.05) is 12.3 Å². The molecule has 1 aromatic carbocycles. The van der Waals surface area contributed by atoms with Crippen LogP contribution < -0.4 is 9.30 Å². The molecule has 1 aromatic heterocycles. The van der Waals surface area contributed by atoms with Crippen molar-refractivity contribution in [3.63, 3.8) is 0 Å². The van der Waals surface area contributed by atoms with Crippen molar-refractivity contribution in [3.05, 3.63) is 28.1 Å². The number of aromatic nitrogens is 1. The lowest BCUT2D eigenvalue weighted by atomic mass is 10.3. The van der Waals surface area contributed by atoms with Gasteiger partial charge in [-0.25, -0.2) is 8.42 Å². The number of nitrogens with zero attached hydrogens (tertiary/aromatic N) is 1. The predicted octanol–water partition coefficient (Wildman–Crippen LogP) is 3.49. The average molecular weight is 390 g/mol. The van der Waals surface area contributed by atoms with Gasteiger partial charge in [-0.05, 0) is 36.6 Å². The molecule has 2 aromatic rings.